The first kappa shape index (κ1) is 6.27. The summed E-state index contributed by atoms with van der Waals surface area (Å²) in [6.07, 6.45) is 0. The highest BCUT2D eigenvalue weighted by Gasteiger charge is 1.90. The lowest BCUT2D eigenvalue weighted by atomic mass is 10.4. The number of nitrogens with two attached hydrogens (primary N) is 1. The quantitative estimate of drug-likeness (QED) is 0.406. The van der Waals surface area contributed by atoms with E-state index in [-0.39, 0.29) is 12.6 Å². The van der Waals surface area contributed by atoms with Crippen molar-refractivity contribution in [3.63, 3.8) is 0 Å². The Morgan fingerprint density at radius 2 is 2.33 bits per heavy atom. The van der Waals surface area contributed by atoms with E-state index in [2.05, 4.69) is 12.6 Å². The van der Waals surface area contributed by atoms with Gasteiger partial charge in [0.15, 0.2) is 0 Å². The zero-order chi connectivity index (χ0) is 4.99. The SMILES string of the molecule is N[C@H](CO)CS. The highest BCUT2D eigenvalue weighted by molar-refractivity contribution is 7.80. The van der Waals surface area contributed by atoms with Gasteiger partial charge < -0.3 is 10.8 Å². The molecular weight excluding hydrogens is 98.1 g/mol. The van der Waals surface area contributed by atoms with Crippen molar-refractivity contribution in [2.75, 3.05) is 12.4 Å². The van der Waals surface area contributed by atoms with Crippen molar-refractivity contribution < 1.29 is 5.11 Å². The molecule has 0 bridgehead atoms. The fourth-order valence-corrected chi connectivity index (χ4v) is 0.173. The van der Waals surface area contributed by atoms with Crippen molar-refractivity contribution in [2.45, 2.75) is 6.04 Å². The maximum atomic E-state index is 8.16. The number of thiol groups is 1. The number of aliphatic hydroxyl groups is 1. The van der Waals surface area contributed by atoms with Gasteiger partial charge in [0.1, 0.15) is 0 Å². The second-order valence-electron chi connectivity index (χ2n) is 1.13. The monoisotopic (exact) mass is 107 g/mol. The summed E-state index contributed by atoms with van der Waals surface area (Å²) in [5, 5.41) is 8.16. The summed E-state index contributed by atoms with van der Waals surface area (Å²) in [5.41, 5.74) is 5.15. The van der Waals surface area contributed by atoms with Gasteiger partial charge in [0, 0.05) is 11.8 Å². The van der Waals surface area contributed by atoms with Crippen LogP contribution in [-0.2, 0) is 0 Å². The van der Waals surface area contributed by atoms with Gasteiger partial charge in [-0.05, 0) is 0 Å². The predicted molar refractivity (Wildman–Crippen MR) is 28.9 cm³/mol. The molecule has 0 fully saturated rings. The molecule has 6 heavy (non-hydrogen) atoms. The lowest BCUT2D eigenvalue weighted by Gasteiger charge is -1.98. The number of rotatable bonds is 2. The van der Waals surface area contributed by atoms with Crippen LogP contribution in [0.3, 0.4) is 0 Å². The molecule has 0 radical (unpaired) electrons. The van der Waals surface area contributed by atoms with Gasteiger partial charge in [-0.3, -0.25) is 0 Å². The summed E-state index contributed by atoms with van der Waals surface area (Å²) in [4.78, 5) is 0. The van der Waals surface area contributed by atoms with Crippen LogP contribution in [0, 0.1) is 0 Å². The Morgan fingerprint density at radius 1 is 1.83 bits per heavy atom. The van der Waals surface area contributed by atoms with Gasteiger partial charge in [0.25, 0.3) is 0 Å². The number of aliphatic hydroxyl groups excluding tert-OH is 1. The summed E-state index contributed by atoms with van der Waals surface area (Å²) < 4.78 is 0. The molecule has 0 aliphatic carbocycles. The molecule has 0 aliphatic heterocycles. The van der Waals surface area contributed by atoms with Crippen LogP contribution in [0.4, 0.5) is 0 Å². The van der Waals surface area contributed by atoms with Gasteiger partial charge in [-0.25, -0.2) is 0 Å². The molecule has 0 amide bonds. The maximum absolute atomic E-state index is 8.16. The van der Waals surface area contributed by atoms with Crippen molar-refractivity contribution in [2.24, 2.45) is 5.73 Å². The first-order valence-corrected chi connectivity index (χ1v) is 2.41. The third-order valence-electron chi connectivity index (χ3n) is 0.469. The Labute approximate surface area is 42.8 Å². The smallest absolute Gasteiger partial charge is 0.0590 e. The lowest BCUT2D eigenvalue weighted by molar-refractivity contribution is 0.275. The van der Waals surface area contributed by atoms with Gasteiger partial charge in [-0.2, -0.15) is 12.6 Å². The Bertz CT molecular complexity index is 30.0. The minimum atomic E-state index is -0.145. The first-order chi connectivity index (χ1) is 2.81. The maximum Gasteiger partial charge on any atom is 0.0590 e. The van der Waals surface area contributed by atoms with Crippen LogP contribution in [0.2, 0.25) is 0 Å². The third-order valence-corrected chi connectivity index (χ3v) is 0.938. The van der Waals surface area contributed by atoms with Gasteiger partial charge in [-0.15, -0.1) is 0 Å². The van der Waals surface area contributed by atoms with E-state index in [1.54, 1.807) is 0 Å². The van der Waals surface area contributed by atoms with E-state index >= 15 is 0 Å². The molecule has 38 valence electrons. The van der Waals surface area contributed by atoms with Crippen molar-refractivity contribution in [3.8, 4) is 0 Å². The standard InChI is InChI=1S/C3H9NOS/c4-3(1-5)2-6/h3,5-6H,1-2,4H2/t3-/m1/s1. The van der Waals surface area contributed by atoms with Gasteiger partial charge >= 0.3 is 0 Å². The van der Waals surface area contributed by atoms with Crippen LogP contribution in [0.1, 0.15) is 0 Å². The zero-order valence-corrected chi connectivity index (χ0v) is 4.36. The molecule has 0 spiro atoms. The van der Waals surface area contributed by atoms with Crippen LogP contribution in [0.15, 0.2) is 0 Å². The van der Waals surface area contributed by atoms with Crippen LogP contribution < -0.4 is 5.73 Å². The fraction of sp³-hybridized carbons (Fsp3) is 1.00. The predicted octanol–water partition coefficient (Wildman–Crippen LogP) is -0.764. The van der Waals surface area contributed by atoms with Gasteiger partial charge in [-0.1, -0.05) is 0 Å². The molecule has 3 heteroatoms. The minimum Gasteiger partial charge on any atom is -0.395 e. The van der Waals surface area contributed by atoms with E-state index in [0.29, 0.717) is 5.75 Å². The van der Waals surface area contributed by atoms with Crippen LogP contribution in [0.5, 0.6) is 0 Å². The second kappa shape index (κ2) is 3.46. The molecule has 0 aromatic heterocycles. The number of hydrogen-bond acceptors (Lipinski definition) is 3. The summed E-state index contributed by atoms with van der Waals surface area (Å²) in [6, 6.07) is -0.145. The van der Waals surface area contributed by atoms with Crippen molar-refractivity contribution in [3.05, 3.63) is 0 Å². The van der Waals surface area contributed by atoms with Crippen molar-refractivity contribution >= 4 is 12.6 Å². The molecule has 2 nitrogen and oxygen atoms in total. The van der Waals surface area contributed by atoms with Crippen LogP contribution >= 0.6 is 12.6 Å². The topological polar surface area (TPSA) is 46.2 Å². The lowest BCUT2D eigenvalue weighted by Crippen LogP contribution is -2.25. The van der Waals surface area contributed by atoms with Crippen LogP contribution in [0.25, 0.3) is 0 Å². The van der Waals surface area contributed by atoms with E-state index in [1.807, 2.05) is 0 Å². The molecule has 0 saturated heterocycles. The largest absolute Gasteiger partial charge is 0.395 e. The van der Waals surface area contributed by atoms with Crippen LogP contribution in [-0.4, -0.2) is 23.5 Å². The van der Waals surface area contributed by atoms with E-state index in [4.69, 9.17) is 10.8 Å². The highest BCUT2D eigenvalue weighted by atomic mass is 32.1. The van der Waals surface area contributed by atoms with Crippen molar-refractivity contribution in [1.29, 1.82) is 0 Å². The molecule has 0 aliphatic rings. The molecule has 3 N–H and O–H groups in total. The molecule has 0 rings (SSSR count). The Kier molecular flexibility index (Phi) is 3.62. The van der Waals surface area contributed by atoms with E-state index in [9.17, 15) is 0 Å². The molecule has 0 saturated carbocycles. The summed E-state index contributed by atoms with van der Waals surface area (Å²) in [7, 11) is 0. The molecule has 0 unspecified atom stereocenters. The Balaban J connectivity index is 2.75. The van der Waals surface area contributed by atoms with E-state index in [0.717, 1.165) is 0 Å². The average Bonchev–Trinajstić information content (AvgIpc) is 1.65. The molecule has 0 heterocycles. The second-order valence-corrected chi connectivity index (χ2v) is 1.49. The summed E-state index contributed by atoms with van der Waals surface area (Å²) >= 11 is 3.81. The third kappa shape index (κ3) is 2.50. The van der Waals surface area contributed by atoms with Crippen molar-refractivity contribution in [1.82, 2.24) is 0 Å². The Morgan fingerprint density at radius 3 is 2.33 bits per heavy atom. The van der Waals surface area contributed by atoms with E-state index < -0.39 is 0 Å². The average molecular weight is 107 g/mol. The molecule has 0 aromatic rings. The van der Waals surface area contributed by atoms with E-state index in [1.165, 1.54) is 0 Å². The summed E-state index contributed by atoms with van der Waals surface area (Å²) in [5.74, 6) is 0.552. The molecular formula is C3H9NOS. The van der Waals surface area contributed by atoms with Gasteiger partial charge in [0.2, 0.25) is 0 Å². The zero-order valence-electron chi connectivity index (χ0n) is 3.46. The Hall–Kier alpha value is 0.270. The normalized spacial score (nSPS) is 14.5. The minimum absolute atomic E-state index is 0.0312. The number of hydrogen-bond donors (Lipinski definition) is 3. The molecule has 0 aromatic carbocycles. The first-order valence-electron chi connectivity index (χ1n) is 1.78. The molecule has 1 atom stereocenters. The highest BCUT2D eigenvalue weighted by Crippen LogP contribution is 1.77. The fourth-order valence-electron chi connectivity index (χ4n) is 0.0577. The van der Waals surface area contributed by atoms with Gasteiger partial charge in [0.05, 0.1) is 6.61 Å². The summed E-state index contributed by atoms with van der Waals surface area (Å²) in [6.45, 7) is 0.0312.